The topological polar surface area (TPSA) is 34.1 Å². The van der Waals surface area contributed by atoms with Crippen molar-refractivity contribution in [3.8, 4) is 0 Å². The van der Waals surface area contributed by atoms with E-state index in [9.17, 15) is 16.7 Å². The third-order valence-electron chi connectivity index (χ3n) is 2.50. The van der Waals surface area contributed by atoms with Crippen LogP contribution in [0.15, 0.2) is 18.2 Å². The lowest BCUT2D eigenvalue weighted by Crippen LogP contribution is -2.04. The molecule has 1 aromatic rings. The Hall–Kier alpha value is -0.970. The van der Waals surface area contributed by atoms with Crippen LogP contribution < -0.4 is 0 Å². The SMILES string of the molecule is O=S(=O)(F)C1CCc2c(F)cccc21. The molecule has 0 N–H and O–H groups in total. The Morgan fingerprint density at radius 3 is 2.71 bits per heavy atom. The maximum Gasteiger partial charge on any atom is 0.309 e. The predicted octanol–water partition coefficient (Wildman–Crippen LogP) is 2.11. The summed E-state index contributed by atoms with van der Waals surface area (Å²) in [5, 5.41) is -1.17. The first-order valence-electron chi connectivity index (χ1n) is 4.21. The number of fused-ring (bicyclic) bond motifs is 1. The van der Waals surface area contributed by atoms with Gasteiger partial charge in [0, 0.05) is 0 Å². The molecule has 0 aromatic heterocycles. The summed E-state index contributed by atoms with van der Waals surface area (Å²) >= 11 is 0. The Morgan fingerprint density at radius 2 is 2.07 bits per heavy atom. The summed E-state index contributed by atoms with van der Waals surface area (Å²) in [4.78, 5) is 0. The van der Waals surface area contributed by atoms with E-state index in [1.54, 1.807) is 0 Å². The highest BCUT2D eigenvalue weighted by Gasteiger charge is 2.34. The van der Waals surface area contributed by atoms with Crippen LogP contribution in [0.2, 0.25) is 0 Å². The summed E-state index contributed by atoms with van der Waals surface area (Å²) in [6.45, 7) is 0. The Kier molecular flexibility index (Phi) is 2.06. The summed E-state index contributed by atoms with van der Waals surface area (Å²) in [5.74, 6) is -0.450. The fourth-order valence-corrected chi connectivity index (χ4v) is 2.79. The zero-order valence-corrected chi connectivity index (χ0v) is 8.02. The van der Waals surface area contributed by atoms with Gasteiger partial charge in [-0.2, -0.15) is 8.42 Å². The van der Waals surface area contributed by atoms with Crippen LogP contribution in [0.5, 0.6) is 0 Å². The van der Waals surface area contributed by atoms with Crippen molar-refractivity contribution < 1.29 is 16.7 Å². The van der Waals surface area contributed by atoms with Crippen molar-refractivity contribution in [2.24, 2.45) is 0 Å². The quantitative estimate of drug-likeness (QED) is 0.676. The van der Waals surface area contributed by atoms with E-state index in [4.69, 9.17) is 0 Å². The molecule has 2 rings (SSSR count). The highest BCUT2D eigenvalue weighted by Crippen LogP contribution is 2.38. The molecule has 0 amide bonds. The Balaban J connectivity index is 2.56. The van der Waals surface area contributed by atoms with Crippen molar-refractivity contribution in [1.29, 1.82) is 0 Å². The van der Waals surface area contributed by atoms with Crippen LogP contribution in [0.3, 0.4) is 0 Å². The van der Waals surface area contributed by atoms with Gasteiger partial charge >= 0.3 is 10.2 Å². The van der Waals surface area contributed by atoms with Crippen LogP contribution in [0.4, 0.5) is 8.28 Å². The molecule has 1 atom stereocenters. The summed E-state index contributed by atoms with van der Waals surface area (Å²) < 4.78 is 47.3. The molecule has 1 aliphatic carbocycles. The maximum atomic E-state index is 13.1. The summed E-state index contributed by atoms with van der Waals surface area (Å²) in [6.07, 6.45) is 0.422. The van der Waals surface area contributed by atoms with Gasteiger partial charge in [0.25, 0.3) is 0 Å². The normalized spacial score (nSPS) is 20.9. The van der Waals surface area contributed by atoms with E-state index < -0.39 is 21.3 Å². The average molecular weight is 218 g/mol. The summed E-state index contributed by atoms with van der Waals surface area (Å²) in [6, 6.07) is 4.12. The molecule has 1 aliphatic rings. The molecule has 5 heteroatoms. The number of rotatable bonds is 1. The molecule has 76 valence electrons. The predicted molar refractivity (Wildman–Crippen MR) is 47.5 cm³/mol. The van der Waals surface area contributed by atoms with E-state index in [1.807, 2.05) is 0 Å². The molecule has 1 aromatic carbocycles. The minimum absolute atomic E-state index is 0.134. The van der Waals surface area contributed by atoms with Crippen molar-refractivity contribution >= 4 is 10.2 Å². The van der Waals surface area contributed by atoms with Gasteiger partial charge in [0.1, 0.15) is 11.1 Å². The van der Waals surface area contributed by atoms with Crippen LogP contribution in [0.25, 0.3) is 0 Å². The van der Waals surface area contributed by atoms with Crippen LogP contribution in [0, 0.1) is 5.82 Å². The Labute approximate surface area is 80.8 Å². The van der Waals surface area contributed by atoms with E-state index in [-0.39, 0.29) is 18.4 Å². The molecule has 0 fully saturated rings. The van der Waals surface area contributed by atoms with Crippen molar-refractivity contribution in [1.82, 2.24) is 0 Å². The van der Waals surface area contributed by atoms with E-state index in [0.29, 0.717) is 5.56 Å². The minimum atomic E-state index is -4.60. The molecule has 0 saturated carbocycles. The number of benzene rings is 1. The van der Waals surface area contributed by atoms with Crippen LogP contribution in [0.1, 0.15) is 22.8 Å². The third-order valence-corrected chi connectivity index (χ3v) is 3.67. The van der Waals surface area contributed by atoms with Gasteiger partial charge in [-0.25, -0.2) is 4.39 Å². The molecule has 0 radical (unpaired) electrons. The van der Waals surface area contributed by atoms with E-state index in [1.165, 1.54) is 18.2 Å². The molecule has 2 nitrogen and oxygen atoms in total. The molecular formula is C9H8F2O2S. The van der Waals surface area contributed by atoms with Crippen molar-refractivity contribution in [3.05, 3.63) is 35.1 Å². The molecule has 1 unspecified atom stereocenters. The number of hydrogen-bond donors (Lipinski definition) is 0. The second-order valence-corrected chi connectivity index (χ2v) is 4.83. The number of halogens is 2. The molecule has 0 bridgehead atoms. The molecule has 0 aliphatic heterocycles. The highest BCUT2D eigenvalue weighted by molar-refractivity contribution is 7.86. The van der Waals surface area contributed by atoms with Gasteiger partial charge in [-0.3, -0.25) is 0 Å². The first-order chi connectivity index (χ1) is 6.50. The van der Waals surface area contributed by atoms with Gasteiger partial charge in [-0.05, 0) is 30.0 Å². The van der Waals surface area contributed by atoms with Crippen LogP contribution in [-0.4, -0.2) is 8.42 Å². The smallest absolute Gasteiger partial charge is 0.207 e. The first kappa shape index (κ1) is 9.58. The lowest BCUT2D eigenvalue weighted by atomic mass is 10.1. The molecule has 14 heavy (non-hydrogen) atoms. The fourth-order valence-electron chi connectivity index (χ4n) is 1.86. The van der Waals surface area contributed by atoms with E-state index in [2.05, 4.69) is 0 Å². The highest BCUT2D eigenvalue weighted by atomic mass is 32.3. The van der Waals surface area contributed by atoms with Gasteiger partial charge in [0.15, 0.2) is 0 Å². The average Bonchev–Trinajstić information content (AvgIpc) is 2.47. The van der Waals surface area contributed by atoms with Crippen LogP contribution in [-0.2, 0) is 16.6 Å². The molecule has 0 spiro atoms. The molecular weight excluding hydrogens is 210 g/mol. The van der Waals surface area contributed by atoms with E-state index in [0.717, 1.165) is 0 Å². The van der Waals surface area contributed by atoms with Gasteiger partial charge < -0.3 is 0 Å². The third kappa shape index (κ3) is 1.41. The van der Waals surface area contributed by atoms with Crippen molar-refractivity contribution in [3.63, 3.8) is 0 Å². The largest absolute Gasteiger partial charge is 0.309 e. The van der Waals surface area contributed by atoms with E-state index >= 15 is 0 Å². The van der Waals surface area contributed by atoms with Gasteiger partial charge in [0.05, 0.1) is 0 Å². The first-order valence-corrected chi connectivity index (χ1v) is 5.65. The van der Waals surface area contributed by atoms with Crippen molar-refractivity contribution in [2.45, 2.75) is 18.1 Å². The summed E-state index contributed by atoms with van der Waals surface area (Å²) in [5.41, 5.74) is 0.603. The standard InChI is InChI=1S/C9H8F2O2S/c10-8-3-1-2-7-6(8)4-5-9(7)14(11,12)13/h1-3,9H,4-5H2. The van der Waals surface area contributed by atoms with Gasteiger partial charge in [-0.15, -0.1) is 3.89 Å². The van der Waals surface area contributed by atoms with Gasteiger partial charge in [0.2, 0.25) is 0 Å². The Morgan fingerprint density at radius 1 is 1.36 bits per heavy atom. The molecule has 0 saturated heterocycles. The molecule has 0 heterocycles. The van der Waals surface area contributed by atoms with Gasteiger partial charge in [-0.1, -0.05) is 12.1 Å². The summed E-state index contributed by atoms with van der Waals surface area (Å²) in [7, 11) is -4.60. The lowest BCUT2D eigenvalue weighted by Gasteiger charge is -2.05. The second-order valence-electron chi connectivity index (χ2n) is 3.31. The zero-order valence-electron chi connectivity index (χ0n) is 7.20. The Bertz CT molecular complexity index is 468. The fraction of sp³-hybridized carbons (Fsp3) is 0.333. The second kappa shape index (κ2) is 3.02. The number of hydrogen-bond acceptors (Lipinski definition) is 2. The monoisotopic (exact) mass is 218 g/mol. The van der Waals surface area contributed by atoms with Crippen molar-refractivity contribution in [2.75, 3.05) is 0 Å². The van der Waals surface area contributed by atoms with Crippen LogP contribution >= 0.6 is 0 Å². The minimum Gasteiger partial charge on any atom is -0.207 e. The lowest BCUT2D eigenvalue weighted by molar-refractivity contribution is 0.535. The zero-order chi connectivity index (χ0) is 10.3. The maximum absolute atomic E-state index is 13.1.